The Bertz CT molecular complexity index is 441. The summed E-state index contributed by atoms with van der Waals surface area (Å²) in [6.45, 7) is 2.14. The zero-order valence-electron chi connectivity index (χ0n) is 11.2. The van der Waals surface area contributed by atoms with E-state index in [2.05, 4.69) is 6.92 Å². The molecule has 0 amide bonds. The van der Waals surface area contributed by atoms with Crippen molar-refractivity contribution < 1.29 is 9.53 Å². The number of hydrogen-bond acceptors (Lipinski definition) is 3. The number of halogens is 1. The van der Waals surface area contributed by atoms with Gasteiger partial charge in [-0.25, -0.2) is 4.79 Å². The van der Waals surface area contributed by atoms with Crippen molar-refractivity contribution in [2.75, 3.05) is 5.73 Å². The number of hydrogen-bond donors (Lipinski definition) is 1. The summed E-state index contributed by atoms with van der Waals surface area (Å²) in [5.41, 5.74) is 6.48. The number of ether oxygens (including phenoxy) is 1. The molecule has 0 radical (unpaired) electrons. The molecule has 1 aliphatic rings. The van der Waals surface area contributed by atoms with Crippen LogP contribution in [0.1, 0.15) is 49.4 Å². The highest BCUT2D eigenvalue weighted by atomic mass is 35.5. The molecule has 0 aromatic heterocycles. The lowest BCUT2D eigenvalue weighted by molar-refractivity contribution is 0.000840. The summed E-state index contributed by atoms with van der Waals surface area (Å²) in [7, 11) is 0. The smallest absolute Gasteiger partial charge is 0.342 e. The monoisotopic (exact) mass is 281 g/mol. The molecule has 0 heterocycles. The number of carbonyl (C=O) groups excluding carboxylic acids is 1. The number of benzene rings is 1. The average molecular weight is 282 g/mol. The molecule has 2 unspecified atom stereocenters. The van der Waals surface area contributed by atoms with Crippen molar-refractivity contribution in [1.82, 2.24) is 0 Å². The molecule has 1 aromatic carbocycles. The van der Waals surface area contributed by atoms with Gasteiger partial charge in [0.05, 0.1) is 5.02 Å². The zero-order valence-corrected chi connectivity index (χ0v) is 12.0. The topological polar surface area (TPSA) is 52.3 Å². The number of rotatable bonds is 3. The quantitative estimate of drug-likeness (QED) is 0.672. The van der Waals surface area contributed by atoms with E-state index in [1.165, 1.54) is 6.42 Å². The molecule has 0 aliphatic heterocycles. The van der Waals surface area contributed by atoms with Gasteiger partial charge in [-0.1, -0.05) is 31.0 Å². The Hall–Kier alpha value is -1.22. The first-order chi connectivity index (χ1) is 9.13. The maximum atomic E-state index is 12.2. The number of esters is 1. The van der Waals surface area contributed by atoms with Gasteiger partial charge in [-0.3, -0.25) is 0 Å². The van der Waals surface area contributed by atoms with Crippen molar-refractivity contribution in [3.05, 3.63) is 28.8 Å². The summed E-state index contributed by atoms with van der Waals surface area (Å²) < 4.78 is 5.64. The van der Waals surface area contributed by atoms with Gasteiger partial charge in [0.2, 0.25) is 0 Å². The minimum Gasteiger partial charge on any atom is -0.458 e. The summed E-state index contributed by atoms with van der Waals surface area (Å²) in [4.78, 5) is 12.2. The van der Waals surface area contributed by atoms with Gasteiger partial charge >= 0.3 is 5.97 Å². The summed E-state index contributed by atoms with van der Waals surface area (Å²) in [6.07, 6.45) is 5.45. The van der Waals surface area contributed by atoms with Crippen molar-refractivity contribution in [3.63, 3.8) is 0 Å². The van der Waals surface area contributed by atoms with Crippen molar-refractivity contribution >= 4 is 23.3 Å². The first-order valence-electron chi connectivity index (χ1n) is 6.88. The molecule has 1 fully saturated rings. The standard InChI is InChI=1S/C15H20ClNO2/c1-2-10-6-3-4-9-13(10)19-15(18)14-11(16)7-5-8-12(14)17/h5,7-8,10,13H,2-4,6,9,17H2,1H3. The Labute approximate surface area is 119 Å². The fraction of sp³-hybridized carbons (Fsp3) is 0.533. The van der Waals surface area contributed by atoms with E-state index < -0.39 is 5.97 Å². The van der Waals surface area contributed by atoms with E-state index in [0.717, 1.165) is 25.7 Å². The van der Waals surface area contributed by atoms with Crippen LogP contribution < -0.4 is 5.73 Å². The number of nitrogens with two attached hydrogens (primary N) is 1. The average Bonchev–Trinajstić information content (AvgIpc) is 2.39. The second-order valence-corrected chi connectivity index (χ2v) is 5.51. The van der Waals surface area contributed by atoms with E-state index in [9.17, 15) is 4.79 Å². The summed E-state index contributed by atoms with van der Waals surface area (Å²) >= 11 is 6.03. The van der Waals surface area contributed by atoms with Crippen molar-refractivity contribution in [2.24, 2.45) is 5.92 Å². The normalized spacial score (nSPS) is 23.1. The Morgan fingerprint density at radius 1 is 1.42 bits per heavy atom. The van der Waals surface area contributed by atoms with E-state index in [4.69, 9.17) is 22.1 Å². The number of anilines is 1. The van der Waals surface area contributed by atoms with Crippen LogP contribution in [0.2, 0.25) is 5.02 Å². The molecule has 2 rings (SSSR count). The van der Waals surface area contributed by atoms with Crippen LogP contribution in [0.5, 0.6) is 0 Å². The lowest BCUT2D eigenvalue weighted by atomic mass is 9.85. The molecular formula is C15H20ClNO2. The van der Waals surface area contributed by atoms with Crippen LogP contribution in [0.3, 0.4) is 0 Å². The van der Waals surface area contributed by atoms with Gasteiger partial charge in [0.1, 0.15) is 11.7 Å². The molecule has 1 aliphatic carbocycles. The third-order valence-corrected chi connectivity index (χ3v) is 4.19. The van der Waals surface area contributed by atoms with Gasteiger partial charge in [-0.2, -0.15) is 0 Å². The van der Waals surface area contributed by atoms with Crippen LogP contribution in [-0.4, -0.2) is 12.1 Å². The Morgan fingerprint density at radius 2 is 2.16 bits per heavy atom. The maximum absolute atomic E-state index is 12.2. The second-order valence-electron chi connectivity index (χ2n) is 5.10. The van der Waals surface area contributed by atoms with E-state index in [0.29, 0.717) is 22.2 Å². The molecule has 104 valence electrons. The number of carbonyl (C=O) groups is 1. The lowest BCUT2D eigenvalue weighted by Crippen LogP contribution is -2.30. The molecule has 0 bridgehead atoms. The largest absolute Gasteiger partial charge is 0.458 e. The first-order valence-corrected chi connectivity index (χ1v) is 7.26. The minimum absolute atomic E-state index is 0.00178. The van der Waals surface area contributed by atoms with E-state index in [1.54, 1.807) is 18.2 Å². The van der Waals surface area contributed by atoms with Gasteiger partial charge in [0, 0.05) is 5.69 Å². The van der Waals surface area contributed by atoms with Gasteiger partial charge in [0.15, 0.2) is 0 Å². The van der Waals surface area contributed by atoms with E-state index in [-0.39, 0.29) is 6.10 Å². The molecule has 0 saturated heterocycles. The van der Waals surface area contributed by atoms with Crippen LogP contribution in [0.25, 0.3) is 0 Å². The third-order valence-electron chi connectivity index (χ3n) is 3.87. The first kappa shape index (κ1) is 14.2. The molecule has 1 aromatic rings. The van der Waals surface area contributed by atoms with Gasteiger partial charge in [-0.15, -0.1) is 0 Å². The fourth-order valence-corrected chi connectivity index (χ4v) is 3.01. The van der Waals surface area contributed by atoms with E-state index in [1.807, 2.05) is 0 Å². The molecule has 4 heteroatoms. The zero-order chi connectivity index (χ0) is 13.8. The molecule has 2 atom stereocenters. The van der Waals surface area contributed by atoms with Crippen molar-refractivity contribution in [2.45, 2.75) is 45.1 Å². The molecule has 2 N–H and O–H groups in total. The van der Waals surface area contributed by atoms with Gasteiger partial charge < -0.3 is 10.5 Å². The van der Waals surface area contributed by atoms with Gasteiger partial charge in [0.25, 0.3) is 0 Å². The third kappa shape index (κ3) is 3.21. The predicted octanol–water partition coefficient (Wildman–Crippen LogP) is 4.05. The Balaban J connectivity index is 2.12. The number of nitrogen functional groups attached to an aromatic ring is 1. The Morgan fingerprint density at radius 3 is 2.84 bits per heavy atom. The highest BCUT2D eigenvalue weighted by Crippen LogP contribution is 2.31. The van der Waals surface area contributed by atoms with Crippen LogP contribution >= 0.6 is 11.6 Å². The highest BCUT2D eigenvalue weighted by Gasteiger charge is 2.28. The predicted molar refractivity (Wildman–Crippen MR) is 77.3 cm³/mol. The summed E-state index contributed by atoms with van der Waals surface area (Å²) in [5, 5.41) is 0.355. The highest BCUT2D eigenvalue weighted by molar-refractivity contribution is 6.34. The van der Waals surface area contributed by atoms with Crippen LogP contribution in [0.15, 0.2) is 18.2 Å². The lowest BCUT2D eigenvalue weighted by Gasteiger charge is -2.30. The summed E-state index contributed by atoms with van der Waals surface area (Å²) in [5.74, 6) is 0.0647. The molecule has 19 heavy (non-hydrogen) atoms. The fourth-order valence-electron chi connectivity index (χ4n) is 2.75. The van der Waals surface area contributed by atoms with Crippen molar-refractivity contribution in [1.29, 1.82) is 0 Å². The molecular weight excluding hydrogens is 262 g/mol. The minimum atomic E-state index is -0.395. The SMILES string of the molecule is CCC1CCCCC1OC(=O)c1c(N)cccc1Cl. The second kappa shape index (κ2) is 6.29. The van der Waals surface area contributed by atoms with Crippen LogP contribution in [0, 0.1) is 5.92 Å². The van der Waals surface area contributed by atoms with Crippen LogP contribution in [-0.2, 0) is 4.74 Å². The maximum Gasteiger partial charge on any atom is 0.342 e. The van der Waals surface area contributed by atoms with E-state index >= 15 is 0 Å². The molecule has 3 nitrogen and oxygen atoms in total. The van der Waals surface area contributed by atoms with Gasteiger partial charge in [-0.05, 0) is 43.7 Å². The summed E-state index contributed by atoms with van der Waals surface area (Å²) in [6, 6.07) is 5.05. The molecule has 0 spiro atoms. The Kier molecular flexibility index (Phi) is 4.70. The molecule has 1 saturated carbocycles. The van der Waals surface area contributed by atoms with Crippen molar-refractivity contribution in [3.8, 4) is 0 Å². The van der Waals surface area contributed by atoms with Crippen LogP contribution in [0.4, 0.5) is 5.69 Å².